The molecule has 8 heteroatoms. The van der Waals surface area contributed by atoms with E-state index in [1.165, 1.54) is 6.20 Å². The highest BCUT2D eigenvalue weighted by Crippen LogP contribution is 2.19. The van der Waals surface area contributed by atoms with Gasteiger partial charge in [0.25, 0.3) is 11.8 Å². The van der Waals surface area contributed by atoms with E-state index in [0.717, 1.165) is 5.69 Å². The van der Waals surface area contributed by atoms with Gasteiger partial charge < -0.3 is 4.42 Å². The van der Waals surface area contributed by atoms with Gasteiger partial charge >= 0.3 is 0 Å². The van der Waals surface area contributed by atoms with Gasteiger partial charge in [-0.1, -0.05) is 24.6 Å². The van der Waals surface area contributed by atoms with E-state index in [2.05, 4.69) is 16.0 Å². The molecule has 1 aromatic carbocycles. The van der Waals surface area contributed by atoms with Gasteiger partial charge in [0.1, 0.15) is 11.5 Å². The molecule has 0 aliphatic heterocycles. The molecule has 2 N–H and O–H groups in total. The Labute approximate surface area is 161 Å². The number of hydrogen-bond donors (Lipinski definition) is 2. The standard InChI is InChI=1S/C19H19ClN4O3/c1-4-17-16(10-21-24(17)14-7-5-6-13(20)9-14)19(26)23-22-18(25)15-8-11(2)27-12(15)3/h5-10H,4H2,1-3H3,(H,22,25)(H,23,26). The Balaban J connectivity index is 1.77. The molecular formula is C19H19ClN4O3. The Morgan fingerprint density at radius 2 is 1.85 bits per heavy atom. The number of amides is 2. The number of carbonyl (C=O) groups is 2. The minimum atomic E-state index is -0.452. The molecule has 0 saturated carbocycles. The molecule has 3 aromatic rings. The number of halogens is 1. The largest absolute Gasteiger partial charge is 0.466 e. The average Bonchev–Trinajstić information content (AvgIpc) is 3.22. The maximum Gasteiger partial charge on any atom is 0.273 e. The molecule has 2 aromatic heterocycles. The van der Waals surface area contributed by atoms with Crippen LogP contribution >= 0.6 is 11.6 Å². The van der Waals surface area contributed by atoms with Gasteiger partial charge in [-0.3, -0.25) is 20.4 Å². The van der Waals surface area contributed by atoms with Gasteiger partial charge in [-0.2, -0.15) is 5.10 Å². The van der Waals surface area contributed by atoms with Gasteiger partial charge in [0, 0.05) is 5.02 Å². The third-order valence-corrected chi connectivity index (χ3v) is 4.31. The van der Waals surface area contributed by atoms with E-state index >= 15 is 0 Å². The average molecular weight is 387 g/mol. The Morgan fingerprint density at radius 3 is 2.44 bits per heavy atom. The van der Waals surface area contributed by atoms with Gasteiger partial charge in [0.15, 0.2) is 0 Å². The molecule has 3 rings (SSSR count). The van der Waals surface area contributed by atoms with Crippen LogP contribution in [0.3, 0.4) is 0 Å². The molecule has 0 spiro atoms. The number of nitrogens with one attached hydrogen (secondary N) is 2. The smallest absolute Gasteiger partial charge is 0.273 e. The van der Waals surface area contributed by atoms with E-state index in [1.54, 1.807) is 36.7 Å². The Bertz CT molecular complexity index is 1010. The van der Waals surface area contributed by atoms with E-state index in [-0.39, 0.29) is 0 Å². The van der Waals surface area contributed by atoms with Crippen LogP contribution < -0.4 is 10.9 Å². The molecule has 0 fully saturated rings. The number of furan rings is 1. The molecule has 2 amide bonds. The van der Waals surface area contributed by atoms with Gasteiger partial charge in [0.05, 0.1) is 28.7 Å². The molecule has 0 bridgehead atoms. The monoisotopic (exact) mass is 386 g/mol. The molecule has 0 aliphatic carbocycles. The second-order valence-corrected chi connectivity index (χ2v) is 6.42. The molecule has 140 valence electrons. The van der Waals surface area contributed by atoms with Crippen LogP contribution in [0, 0.1) is 13.8 Å². The van der Waals surface area contributed by atoms with E-state index < -0.39 is 11.8 Å². The first kappa shape index (κ1) is 18.7. The van der Waals surface area contributed by atoms with Gasteiger partial charge in [0.2, 0.25) is 0 Å². The molecule has 27 heavy (non-hydrogen) atoms. The highest BCUT2D eigenvalue weighted by Gasteiger charge is 2.19. The minimum absolute atomic E-state index is 0.373. The van der Waals surface area contributed by atoms with Gasteiger partial charge in [-0.05, 0) is 44.5 Å². The number of rotatable bonds is 4. The van der Waals surface area contributed by atoms with Crippen LogP contribution in [0.4, 0.5) is 0 Å². The first-order valence-corrected chi connectivity index (χ1v) is 8.79. The quantitative estimate of drug-likeness (QED) is 0.673. The van der Waals surface area contributed by atoms with E-state index in [0.29, 0.717) is 39.8 Å². The van der Waals surface area contributed by atoms with Crippen LogP contribution in [-0.2, 0) is 6.42 Å². The van der Waals surface area contributed by atoms with Crippen molar-refractivity contribution >= 4 is 23.4 Å². The molecule has 0 unspecified atom stereocenters. The van der Waals surface area contributed by atoms with Crippen molar-refractivity contribution in [1.29, 1.82) is 0 Å². The predicted octanol–water partition coefficient (Wildman–Crippen LogP) is 3.37. The summed E-state index contributed by atoms with van der Waals surface area (Å²) in [7, 11) is 0. The van der Waals surface area contributed by atoms with Crippen molar-refractivity contribution in [3.63, 3.8) is 0 Å². The number of benzene rings is 1. The number of carbonyl (C=O) groups excluding carboxylic acids is 2. The molecule has 0 saturated heterocycles. The summed E-state index contributed by atoms with van der Waals surface area (Å²) < 4.78 is 6.99. The highest BCUT2D eigenvalue weighted by molar-refractivity contribution is 6.30. The van der Waals surface area contributed by atoms with Crippen molar-refractivity contribution in [2.45, 2.75) is 27.2 Å². The summed E-state index contributed by atoms with van der Waals surface area (Å²) in [5.41, 5.74) is 7.04. The Hall–Kier alpha value is -3.06. The number of hydrazine groups is 1. The highest BCUT2D eigenvalue weighted by atomic mass is 35.5. The van der Waals surface area contributed by atoms with Crippen LogP contribution in [0.2, 0.25) is 5.02 Å². The second-order valence-electron chi connectivity index (χ2n) is 5.99. The van der Waals surface area contributed by atoms with E-state index in [4.69, 9.17) is 16.0 Å². The summed E-state index contributed by atoms with van der Waals surface area (Å²) in [4.78, 5) is 24.7. The summed E-state index contributed by atoms with van der Waals surface area (Å²) >= 11 is 6.04. The minimum Gasteiger partial charge on any atom is -0.466 e. The molecule has 2 heterocycles. The fraction of sp³-hybridized carbons (Fsp3) is 0.211. The summed E-state index contributed by atoms with van der Waals surface area (Å²) in [6, 6.07) is 8.81. The normalized spacial score (nSPS) is 10.7. The van der Waals surface area contributed by atoms with E-state index in [9.17, 15) is 9.59 Å². The first-order chi connectivity index (χ1) is 12.9. The molecule has 7 nitrogen and oxygen atoms in total. The SMILES string of the molecule is CCc1c(C(=O)NNC(=O)c2cc(C)oc2C)cnn1-c1cccc(Cl)c1. The lowest BCUT2D eigenvalue weighted by Crippen LogP contribution is -2.42. The maximum absolute atomic E-state index is 12.5. The lowest BCUT2D eigenvalue weighted by Gasteiger charge is -2.09. The molecule has 0 radical (unpaired) electrons. The summed E-state index contributed by atoms with van der Waals surface area (Å²) in [5.74, 6) is 0.214. The van der Waals surface area contributed by atoms with Crippen molar-refractivity contribution in [3.05, 3.63) is 69.9 Å². The summed E-state index contributed by atoms with van der Waals surface area (Å²) in [6.45, 7) is 5.36. The summed E-state index contributed by atoms with van der Waals surface area (Å²) in [5, 5.41) is 4.87. The Morgan fingerprint density at radius 1 is 1.15 bits per heavy atom. The Kier molecular flexibility index (Phi) is 5.32. The molecule has 0 atom stereocenters. The third-order valence-electron chi connectivity index (χ3n) is 4.08. The number of aromatic nitrogens is 2. The molecule has 0 aliphatic rings. The maximum atomic E-state index is 12.5. The lowest BCUT2D eigenvalue weighted by molar-refractivity contribution is 0.0845. The van der Waals surface area contributed by atoms with Crippen molar-refractivity contribution in [3.8, 4) is 5.69 Å². The van der Waals surface area contributed by atoms with Crippen molar-refractivity contribution in [2.75, 3.05) is 0 Å². The fourth-order valence-electron chi connectivity index (χ4n) is 2.84. The summed E-state index contributed by atoms with van der Waals surface area (Å²) in [6.07, 6.45) is 2.04. The topological polar surface area (TPSA) is 89.2 Å². The van der Waals surface area contributed by atoms with Crippen LogP contribution in [-0.4, -0.2) is 21.6 Å². The van der Waals surface area contributed by atoms with Crippen LogP contribution in [0.25, 0.3) is 5.69 Å². The van der Waals surface area contributed by atoms with E-state index in [1.807, 2.05) is 19.1 Å². The number of hydrogen-bond acceptors (Lipinski definition) is 4. The van der Waals surface area contributed by atoms with Crippen LogP contribution in [0.5, 0.6) is 0 Å². The van der Waals surface area contributed by atoms with Crippen molar-refractivity contribution < 1.29 is 14.0 Å². The molecular weight excluding hydrogens is 368 g/mol. The third kappa shape index (κ3) is 3.88. The zero-order valence-electron chi connectivity index (χ0n) is 15.2. The number of aryl methyl sites for hydroxylation is 2. The lowest BCUT2D eigenvalue weighted by atomic mass is 10.2. The van der Waals surface area contributed by atoms with Crippen molar-refractivity contribution in [1.82, 2.24) is 20.6 Å². The van der Waals surface area contributed by atoms with Crippen LogP contribution in [0.1, 0.15) is 44.9 Å². The zero-order valence-corrected chi connectivity index (χ0v) is 15.9. The predicted molar refractivity (Wildman–Crippen MR) is 101 cm³/mol. The van der Waals surface area contributed by atoms with Crippen molar-refractivity contribution in [2.24, 2.45) is 0 Å². The zero-order chi connectivity index (χ0) is 19.6. The van der Waals surface area contributed by atoms with Gasteiger partial charge in [-0.15, -0.1) is 0 Å². The number of nitrogens with zero attached hydrogens (tertiary/aromatic N) is 2. The van der Waals surface area contributed by atoms with Crippen LogP contribution in [0.15, 0.2) is 40.9 Å². The van der Waals surface area contributed by atoms with Gasteiger partial charge in [-0.25, -0.2) is 4.68 Å². The fourth-order valence-corrected chi connectivity index (χ4v) is 3.02. The second kappa shape index (κ2) is 7.67. The first-order valence-electron chi connectivity index (χ1n) is 8.41.